The Morgan fingerprint density at radius 1 is 1.26 bits per heavy atom. The van der Waals surface area contributed by atoms with Crippen molar-refractivity contribution < 1.29 is 10.2 Å². The molecule has 2 atom stereocenters. The van der Waals surface area contributed by atoms with E-state index in [0.717, 1.165) is 36.9 Å². The summed E-state index contributed by atoms with van der Waals surface area (Å²) in [4.78, 5) is 2.31. The van der Waals surface area contributed by atoms with E-state index in [0.29, 0.717) is 17.6 Å². The molecule has 2 fully saturated rings. The molecule has 0 saturated carbocycles. The Hall–Kier alpha value is -1.57. The van der Waals surface area contributed by atoms with E-state index in [-0.39, 0.29) is 12.7 Å². The SMILES string of the molecule is N#Cc1cc(CO)ccc1N1C2CCC1CC(O)C2. The zero-order valence-electron chi connectivity index (χ0n) is 10.8. The summed E-state index contributed by atoms with van der Waals surface area (Å²) in [5.41, 5.74) is 2.35. The standard InChI is InChI=1S/C15H18N2O2/c16-8-11-5-10(9-18)1-4-15(11)17-12-2-3-13(17)7-14(19)6-12/h1,4-5,12-14,18-19H,2-3,6-7,9H2. The molecule has 1 aromatic carbocycles. The smallest absolute Gasteiger partial charge is 0.101 e. The topological polar surface area (TPSA) is 67.5 Å². The highest BCUT2D eigenvalue weighted by molar-refractivity contribution is 5.62. The third-order valence-electron chi connectivity index (χ3n) is 4.35. The number of anilines is 1. The maximum Gasteiger partial charge on any atom is 0.101 e. The van der Waals surface area contributed by atoms with Gasteiger partial charge in [0.1, 0.15) is 6.07 Å². The minimum atomic E-state index is -0.198. The maximum absolute atomic E-state index is 9.84. The van der Waals surface area contributed by atoms with Crippen molar-refractivity contribution in [1.82, 2.24) is 0 Å². The number of hydrogen-bond donors (Lipinski definition) is 2. The van der Waals surface area contributed by atoms with Gasteiger partial charge < -0.3 is 15.1 Å². The Balaban J connectivity index is 1.97. The van der Waals surface area contributed by atoms with Crippen LogP contribution in [-0.2, 0) is 6.61 Å². The summed E-state index contributed by atoms with van der Waals surface area (Å²) in [6.45, 7) is -0.0411. The fourth-order valence-corrected chi connectivity index (χ4v) is 3.54. The molecule has 3 rings (SSSR count). The molecule has 1 aromatic rings. The number of hydrogen-bond acceptors (Lipinski definition) is 4. The third-order valence-corrected chi connectivity index (χ3v) is 4.35. The zero-order valence-corrected chi connectivity index (χ0v) is 10.8. The lowest BCUT2D eigenvalue weighted by molar-refractivity contribution is 0.126. The molecule has 0 aromatic heterocycles. The van der Waals surface area contributed by atoms with E-state index < -0.39 is 0 Å². The van der Waals surface area contributed by atoms with Gasteiger partial charge in [-0.15, -0.1) is 0 Å². The van der Waals surface area contributed by atoms with Crippen LogP contribution in [0, 0.1) is 11.3 Å². The van der Waals surface area contributed by atoms with Crippen LogP contribution in [0.4, 0.5) is 5.69 Å². The van der Waals surface area contributed by atoms with Gasteiger partial charge in [0.15, 0.2) is 0 Å². The molecule has 0 amide bonds. The van der Waals surface area contributed by atoms with E-state index in [9.17, 15) is 10.4 Å². The second-order valence-electron chi connectivity index (χ2n) is 5.54. The van der Waals surface area contributed by atoms with Crippen molar-refractivity contribution in [3.63, 3.8) is 0 Å². The van der Waals surface area contributed by atoms with Crippen molar-refractivity contribution in [2.24, 2.45) is 0 Å². The second-order valence-corrected chi connectivity index (χ2v) is 5.54. The van der Waals surface area contributed by atoms with E-state index in [1.807, 2.05) is 12.1 Å². The Labute approximate surface area is 112 Å². The molecule has 4 heteroatoms. The molecule has 19 heavy (non-hydrogen) atoms. The molecule has 4 nitrogen and oxygen atoms in total. The lowest BCUT2D eigenvalue weighted by atomic mass is 9.97. The average Bonchev–Trinajstić information content (AvgIpc) is 2.69. The molecule has 100 valence electrons. The van der Waals surface area contributed by atoms with Gasteiger partial charge in [-0.2, -0.15) is 5.26 Å². The van der Waals surface area contributed by atoms with Crippen LogP contribution in [0.2, 0.25) is 0 Å². The fraction of sp³-hybridized carbons (Fsp3) is 0.533. The fourth-order valence-electron chi connectivity index (χ4n) is 3.54. The Bertz CT molecular complexity index is 509. The van der Waals surface area contributed by atoms with Crippen LogP contribution in [0.5, 0.6) is 0 Å². The van der Waals surface area contributed by atoms with Gasteiger partial charge in [0.2, 0.25) is 0 Å². The molecule has 2 saturated heterocycles. The van der Waals surface area contributed by atoms with Gasteiger partial charge in [-0.3, -0.25) is 0 Å². The second kappa shape index (κ2) is 4.84. The van der Waals surface area contributed by atoms with Crippen LogP contribution >= 0.6 is 0 Å². The molecular weight excluding hydrogens is 240 g/mol. The van der Waals surface area contributed by atoms with Crippen molar-refractivity contribution in [2.75, 3.05) is 4.90 Å². The van der Waals surface area contributed by atoms with E-state index in [2.05, 4.69) is 11.0 Å². The quantitative estimate of drug-likeness (QED) is 0.844. The molecule has 2 unspecified atom stereocenters. The van der Waals surface area contributed by atoms with E-state index in [4.69, 9.17) is 5.11 Å². The van der Waals surface area contributed by atoms with Crippen LogP contribution in [-0.4, -0.2) is 28.4 Å². The van der Waals surface area contributed by atoms with Crippen molar-refractivity contribution >= 4 is 5.69 Å². The van der Waals surface area contributed by atoms with Crippen LogP contribution in [0.25, 0.3) is 0 Å². The molecular formula is C15H18N2O2. The minimum Gasteiger partial charge on any atom is -0.393 e. The summed E-state index contributed by atoms with van der Waals surface area (Å²) in [6, 6.07) is 8.51. The lowest BCUT2D eigenvalue weighted by Crippen LogP contribution is -2.45. The molecule has 0 radical (unpaired) electrons. The Morgan fingerprint density at radius 3 is 2.53 bits per heavy atom. The van der Waals surface area contributed by atoms with Crippen molar-refractivity contribution in [3.05, 3.63) is 29.3 Å². The summed E-state index contributed by atoms with van der Waals surface area (Å²) in [5, 5.41) is 28.3. The van der Waals surface area contributed by atoms with Crippen LogP contribution < -0.4 is 4.90 Å². The number of fused-ring (bicyclic) bond motifs is 2. The average molecular weight is 258 g/mol. The lowest BCUT2D eigenvalue weighted by Gasteiger charge is -2.39. The summed E-state index contributed by atoms with van der Waals surface area (Å²) >= 11 is 0. The van der Waals surface area contributed by atoms with Gasteiger partial charge >= 0.3 is 0 Å². The highest BCUT2D eigenvalue weighted by Gasteiger charge is 2.40. The first kappa shape index (κ1) is 12.5. The minimum absolute atomic E-state index is 0.0411. The first-order valence-corrected chi connectivity index (χ1v) is 6.83. The molecule has 0 aliphatic carbocycles. The van der Waals surface area contributed by atoms with Crippen molar-refractivity contribution in [2.45, 2.75) is 50.5 Å². The number of aliphatic hydroxyl groups is 2. The Kier molecular flexibility index (Phi) is 3.17. The molecule has 0 spiro atoms. The summed E-state index contributed by atoms with van der Waals surface area (Å²) in [6.07, 6.45) is 3.57. The third kappa shape index (κ3) is 2.09. The molecule has 2 heterocycles. The summed E-state index contributed by atoms with van der Waals surface area (Å²) in [7, 11) is 0. The summed E-state index contributed by atoms with van der Waals surface area (Å²) in [5.74, 6) is 0. The van der Waals surface area contributed by atoms with Crippen molar-refractivity contribution in [1.29, 1.82) is 5.26 Å². The van der Waals surface area contributed by atoms with Gasteiger partial charge in [0, 0.05) is 12.1 Å². The predicted octanol–water partition coefficient (Wildman–Crippen LogP) is 1.54. The van der Waals surface area contributed by atoms with Gasteiger partial charge in [0.25, 0.3) is 0 Å². The maximum atomic E-state index is 9.84. The van der Waals surface area contributed by atoms with Gasteiger partial charge in [0.05, 0.1) is 24.0 Å². The van der Waals surface area contributed by atoms with Crippen LogP contribution in [0.15, 0.2) is 18.2 Å². The van der Waals surface area contributed by atoms with Crippen molar-refractivity contribution in [3.8, 4) is 6.07 Å². The van der Waals surface area contributed by atoms with Gasteiger partial charge in [-0.25, -0.2) is 0 Å². The van der Waals surface area contributed by atoms with Crippen LogP contribution in [0.1, 0.15) is 36.8 Å². The van der Waals surface area contributed by atoms with Gasteiger partial charge in [-0.05, 0) is 43.4 Å². The molecule has 2 bridgehead atoms. The van der Waals surface area contributed by atoms with Gasteiger partial charge in [-0.1, -0.05) is 6.07 Å². The largest absolute Gasteiger partial charge is 0.393 e. The normalized spacial score (nSPS) is 29.3. The number of aliphatic hydroxyl groups excluding tert-OH is 2. The van der Waals surface area contributed by atoms with E-state index in [1.54, 1.807) is 6.07 Å². The molecule has 2 aliphatic heterocycles. The first-order valence-electron chi connectivity index (χ1n) is 6.83. The number of nitriles is 1. The highest BCUT2D eigenvalue weighted by atomic mass is 16.3. The van der Waals surface area contributed by atoms with E-state index >= 15 is 0 Å². The zero-order chi connectivity index (χ0) is 13.4. The Morgan fingerprint density at radius 2 is 1.95 bits per heavy atom. The van der Waals surface area contributed by atoms with Crippen LogP contribution in [0.3, 0.4) is 0 Å². The summed E-state index contributed by atoms with van der Waals surface area (Å²) < 4.78 is 0. The molecule has 2 aliphatic rings. The van der Waals surface area contributed by atoms with E-state index in [1.165, 1.54) is 0 Å². The number of rotatable bonds is 2. The number of benzene rings is 1. The predicted molar refractivity (Wildman–Crippen MR) is 71.6 cm³/mol. The highest BCUT2D eigenvalue weighted by Crippen LogP contribution is 2.40. The monoisotopic (exact) mass is 258 g/mol. The number of piperidine rings is 1. The first-order chi connectivity index (χ1) is 9.22. The number of nitrogens with zero attached hydrogens (tertiary/aromatic N) is 2. The molecule has 2 N–H and O–H groups in total.